The molecule has 6 heteroatoms. The van der Waals surface area contributed by atoms with Gasteiger partial charge in [-0.2, -0.15) is 0 Å². The molecule has 0 atom stereocenters. The molecule has 6 nitrogen and oxygen atoms in total. The molecule has 0 aliphatic heterocycles. The van der Waals surface area contributed by atoms with Crippen LogP contribution >= 0.6 is 0 Å². The van der Waals surface area contributed by atoms with E-state index in [4.69, 9.17) is 9.47 Å². The van der Waals surface area contributed by atoms with E-state index < -0.39 is 0 Å². The Morgan fingerprint density at radius 3 is 1.33 bits per heavy atom. The number of fused-ring (bicyclic) bond motifs is 12. The molecule has 39 heavy (non-hydrogen) atoms. The predicted octanol–water partition coefficient (Wildman–Crippen LogP) is 7.90. The highest BCUT2D eigenvalue weighted by Gasteiger charge is 2.27. The summed E-state index contributed by atoms with van der Waals surface area (Å²) < 4.78 is 18.6. The minimum Gasteiger partial charge on any atom is -0.497 e. The van der Waals surface area contributed by atoms with E-state index in [1.54, 1.807) is 14.2 Å². The lowest BCUT2D eigenvalue weighted by atomic mass is 10.0. The van der Waals surface area contributed by atoms with Gasteiger partial charge in [0.25, 0.3) is 0 Å². The van der Waals surface area contributed by atoms with Crippen LogP contribution in [0.4, 0.5) is 0 Å². The lowest BCUT2D eigenvalue weighted by molar-refractivity contribution is 0.112. The van der Waals surface area contributed by atoms with Gasteiger partial charge in [0.15, 0.2) is 0 Å². The second-order valence-corrected chi connectivity index (χ2v) is 10.1. The average molecular weight is 518 g/mol. The molecule has 0 amide bonds. The molecule has 0 aliphatic rings. The molecule has 0 N–H and O–H groups in total. The van der Waals surface area contributed by atoms with Gasteiger partial charge >= 0.3 is 0 Å². The summed E-state index contributed by atoms with van der Waals surface area (Å²) in [5.74, 6) is 1.69. The number of carbonyl (C=O) groups excluding carboxylic acids is 1. The summed E-state index contributed by atoms with van der Waals surface area (Å²) in [5.41, 5.74) is 7.77. The first-order chi connectivity index (χ1) is 19.1. The van der Waals surface area contributed by atoms with Gasteiger partial charge in [-0.3, -0.25) is 4.79 Å². The maximum absolute atomic E-state index is 11.8. The maximum atomic E-state index is 11.8. The molecule has 0 radical (unpaired) electrons. The minimum absolute atomic E-state index is 0.689. The van der Waals surface area contributed by atoms with Crippen molar-refractivity contribution in [2.24, 2.45) is 0 Å². The molecule has 0 aliphatic carbocycles. The number of methoxy groups -OCH3 is 2. The third-order valence-electron chi connectivity index (χ3n) is 8.43. The van der Waals surface area contributed by atoms with E-state index in [0.717, 1.165) is 54.0 Å². The van der Waals surface area contributed by atoms with Crippen molar-refractivity contribution in [3.8, 4) is 11.5 Å². The Balaban J connectivity index is 1.91. The van der Waals surface area contributed by atoms with E-state index in [1.165, 1.54) is 48.9 Å². The molecule has 0 fully saturated rings. The SMILES string of the molecule is CCn1c2cc(C=O)ccc2c2c1c1c3ccc(OC)cc3n(CC)c1c1c3ccc(OC)cc3n(CC)c21. The summed E-state index contributed by atoms with van der Waals surface area (Å²) in [6, 6.07) is 18.9. The lowest BCUT2D eigenvalue weighted by Gasteiger charge is -2.10. The van der Waals surface area contributed by atoms with Gasteiger partial charge in [-0.1, -0.05) is 12.1 Å². The summed E-state index contributed by atoms with van der Waals surface area (Å²) >= 11 is 0. The fraction of sp³-hybridized carbons (Fsp3) is 0.242. The zero-order valence-electron chi connectivity index (χ0n) is 23.0. The normalized spacial score (nSPS) is 12.1. The lowest BCUT2D eigenvalue weighted by Crippen LogP contribution is -1.98. The molecular formula is C33H31N3O3. The van der Waals surface area contributed by atoms with Gasteiger partial charge in [0.1, 0.15) is 17.8 Å². The summed E-state index contributed by atoms with van der Waals surface area (Å²) in [6.07, 6.45) is 0.937. The highest BCUT2D eigenvalue weighted by molar-refractivity contribution is 6.39. The largest absolute Gasteiger partial charge is 0.497 e. The molecule has 3 aromatic heterocycles. The van der Waals surface area contributed by atoms with Crippen molar-refractivity contribution in [1.29, 1.82) is 0 Å². The van der Waals surface area contributed by atoms with Crippen LogP contribution < -0.4 is 9.47 Å². The number of aldehydes is 1. The number of carbonyl (C=O) groups is 1. The monoisotopic (exact) mass is 517 g/mol. The number of hydrogen-bond acceptors (Lipinski definition) is 3. The Bertz CT molecular complexity index is 2110. The number of aromatic nitrogens is 3. The van der Waals surface area contributed by atoms with Gasteiger partial charge in [-0.15, -0.1) is 0 Å². The van der Waals surface area contributed by atoms with Crippen LogP contribution in [0.25, 0.3) is 65.4 Å². The molecule has 0 saturated carbocycles. The molecule has 0 saturated heterocycles. The van der Waals surface area contributed by atoms with Crippen molar-refractivity contribution in [3.05, 3.63) is 60.2 Å². The first-order valence-corrected chi connectivity index (χ1v) is 13.6. The third-order valence-corrected chi connectivity index (χ3v) is 8.43. The standard InChI is InChI=1S/C33H31N3O3/c1-6-34-25-15-19(18-37)9-12-22(25)28-31(34)29-23-13-10-20(38-4)16-26(23)36(8-3)33(29)30-24-14-11-21(39-5)17-27(24)35(7-2)32(28)30/h9-18H,6-8H2,1-5H3. The summed E-state index contributed by atoms with van der Waals surface area (Å²) in [7, 11) is 3.44. The number of ether oxygens (including phenoxy) is 2. The molecule has 0 unspecified atom stereocenters. The summed E-state index contributed by atoms with van der Waals surface area (Å²) in [6.45, 7) is 9.03. The first-order valence-electron chi connectivity index (χ1n) is 13.6. The summed E-state index contributed by atoms with van der Waals surface area (Å²) in [5, 5.41) is 7.32. The van der Waals surface area contributed by atoms with Crippen LogP contribution in [0.1, 0.15) is 31.1 Å². The Hall–Kier alpha value is -4.45. The van der Waals surface area contributed by atoms with Crippen LogP contribution in [0.3, 0.4) is 0 Å². The molecule has 3 heterocycles. The van der Waals surface area contributed by atoms with Crippen LogP contribution in [0.2, 0.25) is 0 Å². The number of rotatable bonds is 6. The molecule has 0 spiro atoms. The second kappa shape index (κ2) is 8.53. The van der Waals surface area contributed by atoms with Crippen molar-refractivity contribution in [3.63, 3.8) is 0 Å². The molecule has 196 valence electrons. The smallest absolute Gasteiger partial charge is 0.150 e. The van der Waals surface area contributed by atoms with Crippen LogP contribution in [0, 0.1) is 0 Å². The van der Waals surface area contributed by atoms with Gasteiger partial charge in [-0.25, -0.2) is 0 Å². The van der Waals surface area contributed by atoms with E-state index in [0.29, 0.717) is 5.56 Å². The summed E-state index contributed by atoms with van der Waals surface area (Å²) in [4.78, 5) is 11.8. The van der Waals surface area contributed by atoms with Gasteiger partial charge in [0.2, 0.25) is 0 Å². The molecule has 7 aromatic rings. The quantitative estimate of drug-likeness (QED) is 0.211. The maximum Gasteiger partial charge on any atom is 0.150 e. The fourth-order valence-electron chi connectivity index (χ4n) is 6.84. The van der Waals surface area contributed by atoms with Crippen LogP contribution in [-0.2, 0) is 19.6 Å². The van der Waals surface area contributed by atoms with Crippen molar-refractivity contribution >= 4 is 71.7 Å². The number of nitrogens with zero attached hydrogens (tertiary/aromatic N) is 3. The van der Waals surface area contributed by atoms with Gasteiger partial charge in [0.05, 0.1) is 41.8 Å². The average Bonchev–Trinajstić information content (AvgIpc) is 3.60. The van der Waals surface area contributed by atoms with E-state index in [1.807, 2.05) is 12.1 Å². The van der Waals surface area contributed by atoms with Crippen LogP contribution in [0.15, 0.2) is 54.6 Å². The predicted molar refractivity (Wildman–Crippen MR) is 161 cm³/mol. The highest BCUT2D eigenvalue weighted by Crippen LogP contribution is 2.48. The van der Waals surface area contributed by atoms with Crippen molar-refractivity contribution in [2.45, 2.75) is 40.4 Å². The molecular weight excluding hydrogens is 486 g/mol. The Labute approximate surface area is 225 Å². The number of hydrogen-bond donors (Lipinski definition) is 0. The van der Waals surface area contributed by atoms with Crippen molar-refractivity contribution < 1.29 is 14.3 Å². The zero-order chi connectivity index (χ0) is 27.0. The molecule has 7 rings (SSSR count). The van der Waals surface area contributed by atoms with E-state index >= 15 is 0 Å². The van der Waals surface area contributed by atoms with Crippen molar-refractivity contribution in [1.82, 2.24) is 13.7 Å². The Kier molecular flexibility index (Phi) is 5.17. The fourth-order valence-corrected chi connectivity index (χ4v) is 6.84. The number of benzene rings is 4. The van der Waals surface area contributed by atoms with E-state index in [9.17, 15) is 4.79 Å². The van der Waals surface area contributed by atoms with Crippen molar-refractivity contribution in [2.75, 3.05) is 14.2 Å². The highest BCUT2D eigenvalue weighted by atomic mass is 16.5. The molecule has 0 bridgehead atoms. The van der Waals surface area contributed by atoms with E-state index in [2.05, 4.69) is 76.9 Å². The van der Waals surface area contributed by atoms with Gasteiger partial charge in [0, 0.05) is 75.2 Å². The van der Waals surface area contributed by atoms with Gasteiger partial charge in [-0.05, 0) is 51.1 Å². The van der Waals surface area contributed by atoms with Crippen LogP contribution in [-0.4, -0.2) is 34.2 Å². The topological polar surface area (TPSA) is 50.3 Å². The third kappa shape index (κ3) is 2.94. The Morgan fingerprint density at radius 1 is 0.590 bits per heavy atom. The first kappa shape index (κ1) is 23.7. The second-order valence-electron chi connectivity index (χ2n) is 10.1. The Morgan fingerprint density at radius 2 is 0.974 bits per heavy atom. The minimum atomic E-state index is 0.689. The van der Waals surface area contributed by atoms with Crippen LogP contribution in [0.5, 0.6) is 11.5 Å². The molecule has 4 aromatic carbocycles. The zero-order valence-corrected chi connectivity index (χ0v) is 23.0. The van der Waals surface area contributed by atoms with E-state index in [-0.39, 0.29) is 0 Å². The van der Waals surface area contributed by atoms with Gasteiger partial charge < -0.3 is 23.2 Å². The number of aryl methyl sites for hydroxylation is 3.